The first-order valence-corrected chi connectivity index (χ1v) is 8.93. The molecule has 0 amide bonds. The minimum absolute atomic E-state index is 0.0433. The van der Waals surface area contributed by atoms with E-state index >= 15 is 0 Å². The summed E-state index contributed by atoms with van der Waals surface area (Å²) in [6, 6.07) is 7.03. The number of benzene rings is 2. The van der Waals surface area contributed by atoms with Gasteiger partial charge >= 0.3 is 5.97 Å². The molecular weight excluding hydrogens is 413 g/mol. The van der Waals surface area contributed by atoms with Crippen LogP contribution < -0.4 is 5.43 Å². The number of carbonyl (C=O) groups is 1. The number of halogens is 3. The minimum Gasteiger partial charge on any atom is -0.506 e. The molecule has 0 aliphatic rings. The molecule has 0 bridgehead atoms. The van der Waals surface area contributed by atoms with Crippen LogP contribution in [-0.4, -0.2) is 25.7 Å². The van der Waals surface area contributed by atoms with Crippen molar-refractivity contribution in [1.82, 2.24) is 9.55 Å². The van der Waals surface area contributed by atoms with Crippen molar-refractivity contribution in [2.75, 3.05) is 0 Å². The molecule has 4 rings (SSSR count). The number of aromatic hydroxyl groups is 1. The highest BCUT2D eigenvalue weighted by Gasteiger charge is 2.20. The van der Waals surface area contributed by atoms with Gasteiger partial charge in [-0.1, -0.05) is 12.1 Å². The molecule has 0 saturated heterocycles. The molecule has 156 valence electrons. The summed E-state index contributed by atoms with van der Waals surface area (Å²) in [5.41, 5.74) is -1.47. The molecule has 0 spiro atoms. The van der Waals surface area contributed by atoms with Crippen molar-refractivity contribution in [2.45, 2.75) is 6.54 Å². The predicted octanol–water partition coefficient (Wildman–Crippen LogP) is 3.93. The lowest BCUT2D eigenvalue weighted by Crippen LogP contribution is -2.21. The van der Waals surface area contributed by atoms with Gasteiger partial charge in [-0.2, -0.15) is 0 Å². The van der Waals surface area contributed by atoms with Crippen LogP contribution in [0, 0.1) is 17.5 Å². The molecule has 0 radical (unpaired) electrons. The van der Waals surface area contributed by atoms with E-state index < -0.39 is 45.3 Å². The van der Waals surface area contributed by atoms with Crippen LogP contribution in [0.3, 0.4) is 0 Å². The maximum Gasteiger partial charge on any atom is 0.341 e. The molecule has 2 aromatic carbocycles. The van der Waals surface area contributed by atoms with Gasteiger partial charge < -0.3 is 14.8 Å². The average Bonchev–Trinajstić information content (AvgIpc) is 2.73. The van der Waals surface area contributed by atoms with Gasteiger partial charge in [-0.15, -0.1) is 0 Å². The lowest BCUT2D eigenvalue weighted by molar-refractivity contribution is 0.0695. The van der Waals surface area contributed by atoms with Gasteiger partial charge in [0.25, 0.3) is 0 Å². The molecule has 2 aromatic heterocycles. The summed E-state index contributed by atoms with van der Waals surface area (Å²) in [4.78, 5) is 27.6. The SMILES string of the molecule is O=C(O)c1cn(Cc2ccc(-c3cncc(O)c3)cc2F)c2c(F)ccc(F)c2c1=O. The van der Waals surface area contributed by atoms with Crippen LogP contribution >= 0.6 is 0 Å². The average molecular weight is 426 g/mol. The number of hydrogen-bond donors (Lipinski definition) is 2. The molecule has 4 aromatic rings. The smallest absolute Gasteiger partial charge is 0.341 e. The minimum atomic E-state index is -1.61. The number of nitrogens with zero attached hydrogens (tertiary/aromatic N) is 2. The lowest BCUT2D eigenvalue weighted by atomic mass is 10.0. The third-order valence-corrected chi connectivity index (χ3v) is 4.80. The number of rotatable bonds is 4. The van der Waals surface area contributed by atoms with Crippen molar-refractivity contribution in [3.63, 3.8) is 0 Å². The first-order chi connectivity index (χ1) is 14.8. The number of aromatic carboxylic acids is 1. The van der Waals surface area contributed by atoms with Gasteiger partial charge in [0.2, 0.25) is 5.43 Å². The number of pyridine rings is 2. The van der Waals surface area contributed by atoms with Gasteiger partial charge in [-0.05, 0) is 29.8 Å². The summed E-state index contributed by atoms with van der Waals surface area (Å²) < 4.78 is 44.5. The van der Waals surface area contributed by atoms with Crippen LogP contribution in [-0.2, 0) is 6.54 Å². The molecule has 2 N–H and O–H groups in total. The van der Waals surface area contributed by atoms with Crippen molar-refractivity contribution in [2.24, 2.45) is 0 Å². The monoisotopic (exact) mass is 426 g/mol. The zero-order valence-electron chi connectivity index (χ0n) is 15.6. The second-order valence-electron chi connectivity index (χ2n) is 6.80. The fraction of sp³-hybridized carbons (Fsp3) is 0.0455. The summed E-state index contributed by atoms with van der Waals surface area (Å²) in [6.07, 6.45) is 3.52. The topological polar surface area (TPSA) is 92.4 Å². The van der Waals surface area contributed by atoms with Gasteiger partial charge in [0.15, 0.2) is 0 Å². The van der Waals surface area contributed by atoms with E-state index in [4.69, 9.17) is 0 Å². The van der Waals surface area contributed by atoms with E-state index in [0.29, 0.717) is 11.1 Å². The maximum atomic E-state index is 14.8. The van der Waals surface area contributed by atoms with E-state index in [-0.39, 0.29) is 17.9 Å². The first-order valence-electron chi connectivity index (χ1n) is 8.93. The summed E-state index contributed by atoms with van der Waals surface area (Å²) >= 11 is 0. The largest absolute Gasteiger partial charge is 0.506 e. The standard InChI is InChI=1S/C22H13F3N2O4/c23-16-3-4-17(24)20-19(16)21(29)15(22(30)31)10-27(20)9-12-2-1-11(6-18(12)25)13-5-14(28)8-26-7-13/h1-8,10,28H,9H2,(H,30,31). The Kier molecular flexibility index (Phi) is 4.94. The summed E-state index contributed by atoms with van der Waals surface area (Å²) in [6.45, 7) is -0.359. The van der Waals surface area contributed by atoms with E-state index in [2.05, 4.69) is 4.98 Å². The van der Waals surface area contributed by atoms with Crippen molar-refractivity contribution >= 4 is 16.9 Å². The lowest BCUT2D eigenvalue weighted by Gasteiger charge is -2.14. The second-order valence-corrected chi connectivity index (χ2v) is 6.80. The molecule has 2 heterocycles. The van der Waals surface area contributed by atoms with E-state index in [9.17, 15) is 33.0 Å². The summed E-state index contributed by atoms with van der Waals surface area (Å²) in [7, 11) is 0. The van der Waals surface area contributed by atoms with E-state index in [1.165, 1.54) is 36.7 Å². The molecule has 9 heteroatoms. The zero-order valence-corrected chi connectivity index (χ0v) is 15.6. The Morgan fingerprint density at radius 1 is 0.968 bits per heavy atom. The summed E-state index contributed by atoms with van der Waals surface area (Å²) in [5, 5.41) is 18.1. The van der Waals surface area contributed by atoms with Gasteiger partial charge in [-0.25, -0.2) is 18.0 Å². The Balaban J connectivity index is 1.85. The molecule has 0 unspecified atom stereocenters. The maximum absolute atomic E-state index is 14.8. The number of aromatic nitrogens is 2. The Hall–Kier alpha value is -4.14. The normalized spacial score (nSPS) is 11.1. The molecule has 0 atom stereocenters. The fourth-order valence-electron chi connectivity index (χ4n) is 3.35. The molecule has 0 aliphatic carbocycles. The number of carboxylic acids is 1. The van der Waals surface area contributed by atoms with E-state index in [1.54, 1.807) is 0 Å². The van der Waals surface area contributed by atoms with Gasteiger partial charge in [-0.3, -0.25) is 9.78 Å². The zero-order chi connectivity index (χ0) is 22.3. The molecule has 0 aliphatic heterocycles. The summed E-state index contributed by atoms with van der Waals surface area (Å²) in [5.74, 6) is -4.45. The number of hydrogen-bond acceptors (Lipinski definition) is 4. The Labute approximate surface area is 172 Å². The van der Waals surface area contributed by atoms with E-state index in [1.807, 2.05) is 0 Å². The van der Waals surface area contributed by atoms with Crippen molar-refractivity contribution < 1.29 is 28.2 Å². The molecule has 0 fully saturated rings. The third kappa shape index (κ3) is 3.61. The van der Waals surface area contributed by atoms with Crippen LogP contribution in [0.4, 0.5) is 13.2 Å². The molecule has 6 nitrogen and oxygen atoms in total. The second kappa shape index (κ2) is 7.60. The van der Waals surface area contributed by atoms with Crippen molar-refractivity contribution in [3.8, 4) is 16.9 Å². The molecular formula is C22H13F3N2O4. The molecule has 31 heavy (non-hydrogen) atoms. The van der Waals surface area contributed by atoms with Crippen molar-refractivity contribution in [3.05, 3.63) is 93.8 Å². The van der Waals surface area contributed by atoms with Crippen LogP contribution in [0.1, 0.15) is 15.9 Å². The van der Waals surface area contributed by atoms with Gasteiger partial charge in [0.1, 0.15) is 28.8 Å². The quantitative estimate of drug-likeness (QED) is 0.516. The van der Waals surface area contributed by atoms with Gasteiger partial charge in [0, 0.05) is 23.5 Å². The predicted molar refractivity (Wildman–Crippen MR) is 105 cm³/mol. The number of fused-ring (bicyclic) bond motifs is 1. The van der Waals surface area contributed by atoms with Crippen LogP contribution in [0.2, 0.25) is 0 Å². The third-order valence-electron chi connectivity index (χ3n) is 4.80. The van der Waals surface area contributed by atoms with Crippen LogP contribution in [0.25, 0.3) is 22.0 Å². The Morgan fingerprint density at radius 3 is 2.39 bits per heavy atom. The molecule has 0 saturated carbocycles. The highest BCUT2D eigenvalue weighted by atomic mass is 19.1. The highest BCUT2D eigenvalue weighted by molar-refractivity contribution is 5.93. The van der Waals surface area contributed by atoms with E-state index in [0.717, 1.165) is 22.9 Å². The van der Waals surface area contributed by atoms with Crippen LogP contribution in [0.15, 0.2) is 59.8 Å². The van der Waals surface area contributed by atoms with Gasteiger partial charge in [0.05, 0.1) is 23.6 Å². The fourth-order valence-corrected chi connectivity index (χ4v) is 3.35. The Morgan fingerprint density at radius 2 is 1.71 bits per heavy atom. The number of carboxylic acid groups (broad SMARTS) is 1. The highest BCUT2D eigenvalue weighted by Crippen LogP contribution is 2.26. The Bertz CT molecular complexity index is 1420. The first kappa shape index (κ1) is 20.1. The van der Waals surface area contributed by atoms with Crippen LogP contribution in [0.5, 0.6) is 5.75 Å². The van der Waals surface area contributed by atoms with Crippen molar-refractivity contribution in [1.29, 1.82) is 0 Å².